The van der Waals surface area contributed by atoms with E-state index in [1.54, 1.807) is 6.92 Å². The first kappa shape index (κ1) is 15.6. The van der Waals surface area contributed by atoms with E-state index in [0.29, 0.717) is 6.42 Å². The molecule has 5 nitrogen and oxygen atoms in total. The Morgan fingerprint density at radius 2 is 1.71 bits per heavy atom. The lowest BCUT2D eigenvalue weighted by atomic mass is 9.94. The van der Waals surface area contributed by atoms with E-state index in [0.717, 1.165) is 0 Å². The minimum absolute atomic E-state index is 0.247. The maximum atomic E-state index is 11.7. The molecule has 3 unspecified atom stereocenters. The van der Waals surface area contributed by atoms with E-state index < -0.39 is 29.4 Å². The van der Waals surface area contributed by atoms with Crippen molar-refractivity contribution in [1.82, 2.24) is 0 Å². The summed E-state index contributed by atoms with van der Waals surface area (Å²) in [6.07, 6.45) is 0.363. The summed E-state index contributed by atoms with van der Waals surface area (Å²) in [6.45, 7) is 7.54. The summed E-state index contributed by atoms with van der Waals surface area (Å²) in [5, 5.41) is 8.79. The average Bonchev–Trinajstić information content (AvgIpc) is 2.26. The summed E-state index contributed by atoms with van der Waals surface area (Å²) in [6, 6.07) is 0. The fourth-order valence-corrected chi connectivity index (χ4v) is 1.13. The molecule has 0 aromatic heterocycles. The number of rotatable bonds is 6. The van der Waals surface area contributed by atoms with E-state index in [4.69, 9.17) is 9.84 Å². The molecule has 0 saturated carbocycles. The summed E-state index contributed by atoms with van der Waals surface area (Å²) in [5.41, 5.74) is -1.16. The number of carbonyl (C=O) groups is 3. The molecule has 0 aliphatic heterocycles. The summed E-state index contributed by atoms with van der Waals surface area (Å²) in [7, 11) is 0. The lowest BCUT2D eigenvalue weighted by Crippen LogP contribution is -2.41. The van der Waals surface area contributed by atoms with Crippen LogP contribution in [0, 0.1) is 11.8 Å². The van der Waals surface area contributed by atoms with Gasteiger partial charge in [-0.05, 0) is 20.3 Å². The van der Waals surface area contributed by atoms with Gasteiger partial charge in [0.25, 0.3) is 0 Å². The molecular weight excluding hydrogens is 224 g/mol. The van der Waals surface area contributed by atoms with Gasteiger partial charge >= 0.3 is 11.9 Å². The fraction of sp³-hybridized carbons (Fsp3) is 0.750. The molecule has 0 heterocycles. The molecule has 0 spiro atoms. The van der Waals surface area contributed by atoms with Crippen LogP contribution < -0.4 is 0 Å². The van der Waals surface area contributed by atoms with Crippen molar-refractivity contribution in [3.8, 4) is 0 Å². The molecule has 0 aromatic rings. The Morgan fingerprint density at radius 1 is 1.24 bits per heavy atom. The molecule has 0 aliphatic rings. The number of carboxylic acid groups (broad SMARTS) is 1. The molecule has 1 N–H and O–H groups in total. The molecule has 0 radical (unpaired) electrons. The Hall–Kier alpha value is -1.39. The van der Waals surface area contributed by atoms with Crippen molar-refractivity contribution in [3.05, 3.63) is 0 Å². The summed E-state index contributed by atoms with van der Waals surface area (Å²) < 4.78 is 5.13. The van der Waals surface area contributed by atoms with Gasteiger partial charge in [-0.25, -0.2) is 0 Å². The number of carbonyl (C=O) groups excluding carboxylic acids is 2. The van der Waals surface area contributed by atoms with Crippen LogP contribution in [0.1, 0.15) is 41.0 Å². The van der Waals surface area contributed by atoms with Crippen molar-refractivity contribution in [2.24, 2.45) is 11.8 Å². The zero-order valence-electron chi connectivity index (χ0n) is 10.9. The molecule has 0 amide bonds. The SMILES string of the molecule is CCC(C)(OC(=O)C(C)C(C)C(=O)O)C(C)=O. The van der Waals surface area contributed by atoms with E-state index in [1.165, 1.54) is 27.7 Å². The molecule has 0 fully saturated rings. The van der Waals surface area contributed by atoms with E-state index in [1.807, 2.05) is 0 Å². The van der Waals surface area contributed by atoms with E-state index >= 15 is 0 Å². The Morgan fingerprint density at radius 3 is 2.00 bits per heavy atom. The molecule has 0 aliphatic carbocycles. The predicted octanol–water partition coefficient (Wildman–Crippen LogP) is 1.64. The minimum Gasteiger partial charge on any atom is -0.481 e. The lowest BCUT2D eigenvalue weighted by molar-refractivity contribution is -0.172. The van der Waals surface area contributed by atoms with Crippen LogP contribution in [-0.2, 0) is 19.1 Å². The third kappa shape index (κ3) is 3.84. The maximum Gasteiger partial charge on any atom is 0.310 e. The highest BCUT2D eigenvalue weighted by Gasteiger charge is 2.36. The first-order valence-electron chi connectivity index (χ1n) is 5.62. The van der Waals surface area contributed by atoms with Gasteiger partial charge in [0.1, 0.15) is 0 Å². The lowest BCUT2D eigenvalue weighted by Gasteiger charge is -2.27. The molecule has 17 heavy (non-hydrogen) atoms. The average molecular weight is 244 g/mol. The van der Waals surface area contributed by atoms with Gasteiger partial charge in [0.2, 0.25) is 0 Å². The Balaban J connectivity index is 4.74. The number of hydrogen-bond donors (Lipinski definition) is 1. The number of carboxylic acids is 1. The Bertz CT molecular complexity index is 323. The normalized spacial score (nSPS) is 17.7. The summed E-state index contributed by atoms with van der Waals surface area (Å²) in [5.74, 6) is -3.58. The van der Waals surface area contributed by atoms with E-state index in [9.17, 15) is 14.4 Å². The van der Waals surface area contributed by atoms with Crippen LogP contribution in [0.4, 0.5) is 0 Å². The van der Waals surface area contributed by atoms with Gasteiger partial charge in [-0.2, -0.15) is 0 Å². The second-order valence-electron chi connectivity index (χ2n) is 4.48. The van der Waals surface area contributed by atoms with Crippen molar-refractivity contribution in [2.75, 3.05) is 0 Å². The molecule has 0 aromatic carbocycles. The highest BCUT2D eigenvalue weighted by molar-refractivity contribution is 5.88. The van der Waals surface area contributed by atoms with Gasteiger partial charge in [-0.15, -0.1) is 0 Å². The highest BCUT2D eigenvalue weighted by Crippen LogP contribution is 2.21. The third-order valence-corrected chi connectivity index (χ3v) is 3.26. The smallest absolute Gasteiger partial charge is 0.310 e. The number of esters is 1. The van der Waals surface area contributed by atoms with Crippen LogP contribution >= 0.6 is 0 Å². The van der Waals surface area contributed by atoms with E-state index in [-0.39, 0.29) is 5.78 Å². The number of ketones is 1. The van der Waals surface area contributed by atoms with Crippen LogP contribution in [0.3, 0.4) is 0 Å². The van der Waals surface area contributed by atoms with Crippen molar-refractivity contribution in [1.29, 1.82) is 0 Å². The molecule has 98 valence electrons. The van der Waals surface area contributed by atoms with Crippen molar-refractivity contribution < 1.29 is 24.2 Å². The monoisotopic (exact) mass is 244 g/mol. The fourth-order valence-electron chi connectivity index (χ4n) is 1.13. The minimum atomic E-state index is -1.16. The molecule has 0 rings (SSSR count). The number of aliphatic carboxylic acids is 1. The van der Waals surface area contributed by atoms with Gasteiger partial charge in [-0.3, -0.25) is 14.4 Å². The van der Waals surface area contributed by atoms with Gasteiger partial charge in [0.15, 0.2) is 11.4 Å². The molecule has 5 heteroatoms. The molecule has 3 atom stereocenters. The first-order chi connectivity index (χ1) is 7.65. The second kappa shape index (κ2) is 5.80. The van der Waals surface area contributed by atoms with Gasteiger partial charge in [-0.1, -0.05) is 20.8 Å². The standard InChI is InChI=1S/C12H20O5/c1-6-12(5,9(4)13)17-11(16)8(3)7(2)10(14)15/h7-8H,6H2,1-5H3,(H,14,15). The topological polar surface area (TPSA) is 80.7 Å². The molecule has 0 saturated heterocycles. The second-order valence-corrected chi connectivity index (χ2v) is 4.48. The summed E-state index contributed by atoms with van der Waals surface area (Å²) >= 11 is 0. The van der Waals surface area contributed by atoms with Crippen LogP contribution in [0.5, 0.6) is 0 Å². The largest absolute Gasteiger partial charge is 0.481 e. The first-order valence-corrected chi connectivity index (χ1v) is 5.62. The zero-order valence-corrected chi connectivity index (χ0v) is 10.9. The Labute approximate surface area is 101 Å². The van der Waals surface area contributed by atoms with Crippen LogP contribution in [0.2, 0.25) is 0 Å². The van der Waals surface area contributed by atoms with Crippen molar-refractivity contribution in [3.63, 3.8) is 0 Å². The van der Waals surface area contributed by atoms with Gasteiger partial charge < -0.3 is 9.84 Å². The van der Waals surface area contributed by atoms with Crippen LogP contribution in [-0.4, -0.2) is 28.4 Å². The van der Waals surface area contributed by atoms with E-state index in [2.05, 4.69) is 0 Å². The van der Waals surface area contributed by atoms with Crippen molar-refractivity contribution >= 4 is 17.7 Å². The quantitative estimate of drug-likeness (QED) is 0.718. The number of hydrogen-bond acceptors (Lipinski definition) is 4. The van der Waals surface area contributed by atoms with Crippen LogP contribution in [0.25, 0.3) is 0 Å². The van der Waals surface area contributed by atoms with Gasteiger partial charge in [0.05, 0.1) is 11.8 Å². The highest BCUT2D eigenvalue weighted by atomic mass is 16.6. The molecule has 0 bridgehead atoms. The number of ether oxygens (including phenoxy) is 1. The maximum absolute atomic E-state index is 11.7. The van der Waals surface area contributed by atoms with Gasteiger partial charge in [0, 0.05) is 0 Å². The zero-order chi connectivity index (χ0) is 13.8. The molecular formula is C12H20O5. The van der Waals surface area contributed by atoms with Crippen molar-refractivity contribution in [2.45, 2.75) is 46.6 Å². The Kier molecular flexibility index (Phi) is 5.32. The van der Waals surface area contributed by atoms with Crippen LogP contribution in [0.15, 0.2) is 0 Å². The third-order valence-electron chi connectivity index (χ3n) is 3.26. The predicted molar refractivity (Wildman–Crippen MR) is 61.4 cm³/mol. The summed E-state index contributed by atoms with van der Waals surface area (Å²) in [4.78, 5) is 33.8. The number of Topliss-reactive ketones (excluding diaryl/α,β-unsaturated/α-hetero) is 1.